The van der Waals surface area contributed by atoms with Crippen molar-refractivity contribution in [2.24, 2.45) is 11.3 Å². The summed E-state index contributed by atoms with van der Waals surface area (Å²) in [4.78, 5) is 2.49. The van der Waals surface area contributed by atoms with Gasteiger partial charge in [-0.25, -0.2) is 0 Å². The largest absolute Gasteiger partial charge is 0.372 e. The Bertz CT molecular complexity index is 505. The number of nitrogens with zero attached hydrogens (tertiary/aromatic N) is 2. The molecule has 0 N–H and O–H groups in total. The predicted molar refractivity (Wildman–Crippen MR) is 84.9 cm³/mol. The first kappa shape index (κ1) is 14.9. The van der Waals surface area contributed by atoms with Crippen LogP contribution in [0.4, 0.5) is 5.69 Å². The van der Waals surface area contributed by atoms with Gasteiger partial charge >= 0.3 is 0 Å². The molecule has 0 bridgehead atoms. The third-order valence-electron chi connectivity index (χ3n) is 4.65. The van der Waals surface area contributed by atoms with Gasteiger partial charge in [-0.15, -0.1) is 0 Å². The maximum absolute atomic E-state index is 9.03. The van der Waals surface area contributed by atoms with Crippen LogP contribution in [0.15, 0.2) is 18.2 Å². The summed E-state index contributed by atoms with van der Waals surface area (Å²) in [6.45, 7) is 11.4. The molecule has 2 heteroatoms. The molecule has 2 nitrogen and oxygen atoms in total. The Morgan fingerprint density at radius 1 is 1.20 bits per heavy atom. The molecule has 108 valence electrons. The van der Waals surface area contributed by atoms with E-state index < -0.39 is 0 Å². The van der Waals surface area contributed by atoms with Gasteiger partial charge in [0.15, 0.2) is 0 Å². The van der Waals surface area contributed by atoms with Gasteiger partial charge in [-0.2, -0.15) is 5.26 Å². The van der Waals surface area contributed by atoms with Gasteiger partial charge < -0.3 is 4.90 Å². The van der Waals surface area contributed by atoms with E-state index in [4.69, 9.17) is 5.26 Å². The number of anilines is 1. The van der Waals surface area contributed by atoms with Gasteiger partial charge in [-0.3, -0.25) is 0 Å². The fraction of sp³-hybridized carbons (Fsp3) is 0.611. The van der Waals surface area contributed by atoms with Crippen LogP contribution in [0.1, 0.15) is 51.2 Å². The predicted octanol–water partition coefficient (Wildman–Crippen LogP) is 4.52. The first-order valence-electron chi connectivity index (χ1n) is 7.67. The molecule has 1 heterocycles. The zero-order valence-corrected chi connectivity index (χ0v) is 13.2. The summed E-state index contributed by atoms with van der Waals surface area (Å²) in [6.07, 6.45) is 3.86. The van der Waals surface area contributed by atoms with Gasteiger partial charge in [-0.1, -0.05) is 20.8 Å². The molecule has 0 amide bonds. The summed E-state index contributed by atoms with van der Waals surface area (Å²) in [5.74, 6) is 0.812. The van der Waals surface area contributed by atoms with E-state index in [-0.39, 0.29) is 0 Å². The molecule has 1 atom stereocenters. The Labute approximate surface area is 123 Å². The van der Waals surface area contributed by atoms with Gasteiger partial charge in [0.25, 0.3) is 0 Å². The van der Waals surface area contributed by atoms with Crippen LogP contribution in [0.2, 0.25) is 0 Å². The third-order valence-corrected chi connectivity index (χ3v) is 4.65. The van der Waals surface area contributed by atoms with Gasteiger partial charge in [0.05, 0.1) is 11.6 Å². The zero-order chi connectivity index (χ0) is 14.8. The molecule has 1 saturated heterocycles. The molecule has 2 rings (SSSR count). The van der Waals surface area contributed by atoms with Crippen molar-refractivity contribution in [2.75, 3.05) is 18.0 Å². The van der Waals surface area contributed by atoms with Gasteiger partial charge in [0.1, 0.15) is 0 Å². The third kappa shape index (κ3) is 3.33. The van der Waals surface area contributed by atoms with Crippen molar-refractivity contribution in [1.29, 1.82) is 5.26 Å². The van der Waals surface area contributed by atoms with Crippen molar-refractivity contribution < 1.29 is 0 Å². The maximum atomic E-state index is 9.03. The Kier molecular flexibility index (Phi) is 4.38. The van der Waals surface area contributed by atoms with Crippen molar-refractivity contribution in [1.82, 2.24) is 0 Å². The molecule has 0 aliphatic carbocycles. The topological polar surface area (TPSA) is 27.0 Å². The summed E-state index contributed by atoms with van der Waals surface area (Å²) in [6, 6.07) is 8.46. The van der Waals surface area contributed by atoms with E-state index in [1.807, 2.05) is 13.0 Å². The second-order valence-electron chi connectivity index (χ2n) is 7.09. The minimum Gasteiger partial charge on any atom is -0.372 e. The number of aryl methyl sites for hydroxylation is 1. The summed E-state index contributed by atoms with van der Waals surface area (Å²) in [7, 11) is 0. The van der Waals surface area contributed by atoms with E-state index in [0.29, 0.717) is 5.41 Å². The first-order valence-corrected chi connectivity index (χ1v) is 7.67. The minimum atomic E-state index is 0.413. The van der Waals surface area contributed by atoms with Gasteiger partial charge in [-0.05, 0) is 61.3 Å². The van der Waals surface area contributed by atoms with Crippen LogP contribution in [0.3, 0.4) is 0 Å². The van der Waals surface area contributed by atoms with E-state index in [0.717, 1.165) is 30.1 Å². The summed E-state index contributed by atoms with van der Waals surface area (Å²) >= 11 is 0. The molecule has 0 saturated carbocycles. The highest BCUT2D eigenvalue weighted by molar-refractivity contribution is 5.53. The lowest BCUT2D eigenvalue weighted by Crippen LogP contribution is -2.26. The molecule has 0 spiro atoms. The Morgan fingerprint density at radius 2 is 1.95 bits per heavy atom. The summed E-state index contributed by atoms with van der Waals surface area (Å²) < 4.78 is 0. The van der Waals surface area contributed by atoms with Crippen LogP contribution >= 0.6 is 0 Å². The lowest BCUT2D eigenvalue weighted by molar-refractivity contribution is 0.220. The monoisotopic (exact) mass is 270 g/mol. The smallest absolute Gasteiger partial charge is 0.0994 e. The molecular formula is C18H26N2. The van der Waals surface area contributed by atoms with E-state index in [1.165, 1.54) is 24.9 Å². The van der Waals surface area contributed by atoms with Crippen molar-refractivity contribution in [3.63, 3.8) is 0 Å². The number of hydrogen-bond donors (Lipinski definition) is 0. The second-order valence-corrected chi connectivity index (χ2v) is 7.09. The Balaban J connectivity index is 2.11. The zero-order valence-electron chi connectivity index (χ0n) is 13.2. The quantitative estimate of drug-likeness (QED) is 0.750. The molecule has 0 radical (unpaired) electrons. The molecule has 1 fully saturated rings. The summed E-state index contributed by atoms with van der Waals surface area (Å²) in [5, 5.41) is 9.03. The molecule has 1 aliphatic heterocycles. The first-order chi connectivity index (χ1) is 9.41. The molecule has 1 aromatic rings. The molecule has 0 aromatic heterocycles. The Morgan fingerprint density at radius 3 is 2.55 bits per heavy atom. The Hall–Kier alpha value is -1.49. The van der Waals surface area contributed by atoms with Crippen molar-refractivity contribution in [2.45, 2.75) is 47.0 Å². The van der Waals surface area contributed by atoms with Crippen LogP contribution in [0.25, 0.3) is 0 Å². The van der Waals surface area contributed by atoms with Crippen molar-refractivity contribution >= 4 is 5.69 Å². The second kappa shape index (κ2) is 5.87. The molecule has 1 aliphatic rings. The molecule has 1 unspecified atom stereocenters. The fourth-order valence-electron chi connectivity index (χ4n) is 3.19. The van der Waals surface area contributed by atoms with E-state index in [2.05, 4.69) is 43.9 Å². The number of rotatable bonds is 1. The minimum absolute atomic E-state index is 0.413. The van der Waals surface area contributed by atoms with Gasteiger partial charge in [0.2, 0.25) is 0 Å². The molecule has 1 aromatic carbocycles. The summed E-state index contributed by atoms with van der Waals surface area (Å²) in [5.41, 5.74) is 3.56. The maximum Gasteiger partial charge on any atom is 0.0994 e. The van der Waals surface area contributed by atoms with E-state index >= 15 is 0 Å². The normalized spacial score (nSPS) is 20.4. The molecular weight excluding hydrogens is 244 g/mol. The highest BCUT2D eigenvalue weighted by atomic mass is 15.1. The fourth-order valence-corrected chi connectivity index (χ4v) is 3.19. The van der Waals surface area contributed by atoms with Crippen LogP contribution in [-0.2, 0) is 0 Å². The lowest BCUT2D eigenvalue weighted by Gasteiger charge is -2.30. The number of benzene rings is 1. The van der Waals surface area contributed by atoms with E-state index in [9.17, 15) is 0 Å². The van der Waals surface area contributed by atoms with Crippen molar-refractivity contribution in [3.8, 4) is 6.07 Å². The average Bonchev–Trinajstić information content (AvgIpc) is 2.63. The SMILES string of the molecule is Cc1cc(N2CCCC(C(C)(C)C)CC2)ccc1C#N. The van der Waals surface area contributed by atoms with Crippen LogP contribution < -0.4 is 4.90 Å². The number of hydrogen-bond acceptors (Lipinski definition) is 2. The average molecular weight is 270 g/mol. The highest BCUT2D eigenvalue weighted by Gasteiger charge is 2.27. The standard InChI is InChI=1S/C18H26N2/c1-14-12-17(8-7-15(14)13-19)20-10-5-6-16(9-11-20)18(2,3)4/h7-8,12,16H,5-6,9-11H2,1-4H3. The molecule has 20 heavy (non-hydrogen) atoms. The van der Waals surface area contributed by atoms with Crippen LogP contribution in [0, 0.1) is 29.6 Å². The van der Waals surface area contributed by atoms with E-state index in [1.54, 1.807) is 0 Å². The van der Waals surface area contributed by atoms with Crippen molar-refractivity contribution in [3.05, 3.63) is 29.3 Å². The van der Waals surface area contributed by atoms with Gasteiger partial charge in [0, 0.05) is 18.8 Å². The highest BCUT2D eigenvalue weighted by Crippen LogP contribution is 2.35. The lowest BCUT2D eigenvalue weighted by atomic mass is 9.77. The number of nitriles is 1. The van der Waals surface area contributed by atoms with Crippen LogP contribution in [0.5, 0.6) is 0 Å². The van der Waals surface area contributed by atoms with Crippen LogP contribution in [-0.4, -0.2) is 13.1 Å².